The zero-order valence-corrected chi connectivity index (χ0v) is 15.5. The zero-order chi connectivity index (χ0) is 17.2. The Morgan fingerprint density at radius 3 is 2.33 bits per heavy atom. The smallest absolute Gasteiger partial charge is 0.309 e. The fraction of sp³-hybridized carbons (Fsp3) is 0.263. The SMILES string of the molecule is CCSC(=Nc1ccccc1)SCc1ccccc1CC(=O)OC. The predicted molar refractivity (Wildman–Crippen MR) is 105 cm³/mol. The molecule has 0 aliphatic carbocycles. The van der Waals surface area contributed by atoms with Crippen molar-refractivity contribution in [3.63, 3.8) is 0 Å². The summed E-state index contributed by atoms with van der Waals surface area (Å²) in [6.07, 6.45) is 0.305. The molecule has 0 saturated heterocycles. The van der Waals surface area contributed by atoms with E-state index in [1.165, 1.54) is 7.11 Å². The molecule has 126 valence electrons. The summed E-state index contributed by atoms with van der Waals surface area (Å²) in [5, 5.41) is 0. The maximum absolute atomic E-state index is 11.6. The average Bonchev–Trinajstić information content (AvgIpc) is 2.61. The molecule has 5 heteroatoms. The van der Waals surface area contributed by atoms with Gasteiger partial charge in [-0.15, -0.1) is 0 Å². The van der Waals surface area contributed by atoms with Crippen LogP contribution in [0.3, 0.4) is 0 Å². The maximum Gasteiger partial charge on any atom is 0.309 e. The van der Waals surface area contributed by atoms with Gasteiger partial charge < -0.3 is 4.74 Å². The number of thioether (sulfide) groups is 2. The Kier molecular flexibility index (Phi) is 7.92. The first kappa shape index (κ1) is 18.6. The van der Waals surface area contributed by atoms with Crippen LogP contribution in [0.5, 0.6) is 0 Å². The van der Waals surface area contributed by atoms with Crippen molar-refractivity contribution in [2.45, 2.75) is 19.1 Å². The molecule has 0 aromatic heterocycles. The molecule has 0 aliphatic heterocycles. The van der Waals surface area contributed by atoms with Crippen molar-refractivity contribution in [1.29, 1.82) is 0 Å². The van der Waals surface area contributed by atoms with E-state index >= 15 is 0 Å². The van der Waals surface area contributed by atoms with Crippen LogP contribution >= 0.6 is 23.5 Å². The van der Waals surface area contributed by atoms with Crippen LogP contribution in [0.15, 0.2) is 59.6 Å². The normalized spacial score (nSPS) is 11.3. The molecule has 0 bridgehead atoms. The molecule has 2 aromatic carbocycles. The van der Waals surface area contributed by atoms with E-state index in [9.17, 15) is 4.79 Å². The molecule has 0 atom stereocenters. The summed E-state index contributed by atoms with van der Waals surface area (Å²) in [6.45, 7) is 2.12. The number of aliphatic imine (C=N–C) groups is 1. The largest absolute Gasteiger partial charge is 0.469 e. The summed E-state index contributed by atoms with van der Waals surface area (Å²) in [6, 6.07) is 18.0. The van der Waals surface area contributed by atoms with Crippen LogP contribution in [0.4, 0.5) is 5.69 Å². The van der Waals surface area contributed by atoms with Crippen molar-refractivity contribution in [3.05, 3.63) is 65.7 Å². The number of benzene rings is 2. The number of esters is 1. The van der Waals surface area contributed by atoms with Crippen LogP contribution in [0, 0.1) is 0 Å². The van der Waals surface area contributed by atoms with Crippen molar-refractivity contribution in [3.8, 4) is 0 Å². The molecule has 3 nitrogen and oxygen atoms in total. The number of hydrogen-bond donors (Lipinski definition) is 0. The molecule has 0 radical (unpaired) electrons. The van der Waals surface area contributed by atoms with Crippen molar-refractivity contribution >= 4 is 39.6 Å². The number of rotatable bonds is 6. The minimum atomic E-state index is -0.214. The number of para-hydroxylation sites is 1. The van der Waals surface area contributed by atoms with Crippen molar-refractivity contribution in [1.82, 2.24) is 0 Å². The molecular weight excluding hydrogens is 338 g/mol. The van der Waals surface area contributed by atoms with Gasteiger partial charge in [-0.25, -0.2) is 4.99 Å². The lowest BCUT2D eigenvalue weighted by molar-refractivity contribution is -0.139. The van der Waals surface area contributed by atoms with Gasteiger partial charge in [0, 0.05) is 5.75 Å². The number of ether oxygens (including phenoxy) is 1. The van der Waals surface area contributed by atoms with E-state index in [0.717, 1.165) is 32.7 Å². The van der Waals surface area contributed by atoms with Crippen molar-refractivity contribution in [2.24, 2.45) is 4.99 Å². The van der Waals surface area contributed by atoms with E-state index in [2.05, 4.69) is 13.0 Å². The van der Waals surface area contributed by atoms with Gasteiger partial charge in [0.05, 0.1) is 19.2 Å². The van der Waals surface area contributed by atoms with Gasteiger partial charge in [0.15, 0.2) is 0 Å². The summed E-state index contributed by atoms with van der Waals surface area (Å²) < 4.78 is 5.82. The highest BCUT2D eigenvalue weighted by Gasteiger charge is 2.09. The fourth-order valence-corrected chi connectivity index (χ4v) is 4.09. The summed E-state index contributed by atoms with van der Waals surface area (Å²) in [7, 11) is 1.42. The van der Waals surface area contributed by atoms with Gasteiger partial charge in [-0.3, -0.25) is 4.79 Å². The quantitative estimate of drug-likeness (QED) is 0.410. The van der Waals surface area contributed by atoms with Gasteiger partial charge in [-0.2, -0.15) is 0 Å². The first-order valence-corrected chi connectivity index (χ1v) is 9.73. The molecular formula is C19H21NO2S2. The third kappa shape index (κ3) is 6.06. The molecule has 0 fully saturated rings. The lowest BCUT2D eigenvalue weighted by Gasteiger charge is -2.09. The number of hydrogen-bond acceptors (Lipinski definition) is 5. The van der Waals surface area contributed by atoms with E-state index in [4.69, 9.17) is 9.73 Å². The van der Waals surface area contributed by atoms with E-state index in [1.54, 1.807) is 23.5 Å². The number of methoxy groups -OCH3 is 1. The van der Waals surface area contributed by atoms with Gasteiger partial charge >= 0.3 is 5.97 Å². The molecule has 0 unspecified atom stereocenters. The van der Waals surface area contributed by atoms with Gasteiger partial charge in [-0.05, 0) is 29.0 Å². The van der Waals surface area contributed by atoms with Gasteiger partial charge in [0.2, 0.25) is 0 Å². The van der Waals surface area contributed by atoms with Crippen LogP contribution in [0.1, 0.15) is 18.1 Å². The van der Waals surface area contributed by atoms with Crippen LogP contribution < -0.4 is 0 Å². The highest BCUT2D eigenvalue weighted by molar-refractivity contribution is 8.38. The van der Waals surface area contributed by atoms with E-state index in [0.29, 0.717) is 6.42 Å². The standard InChI is InChI=1S/C19H21NO2S2/c1-3-23-19(20-17-11-5-4-6-12-17)24-14-16-10-8-7-9-15(16)13-18(21)22-2/h4-12H,3,13-14H2,1-2H3. The molecule has 0 amide bonds. The van der Waals surface area contributed by atoms with Crippen LogP contribution in [-0.4, -0.2) is 23.2 Å². The summed E-state index contributed by atoms with van der Waals surface area (Å²) in [5.74, 6) is 1.54. The van der Waals surface area contributed by atoms with E-state index in [1.807, 2.05) is 48.5 Å². The molecule has 0 aliphatic rings. The number of carbonyl (C=O) groups is 1. The third-order valence-corrected chi connectivity index (χ3v) is 5.40. The highest BCUT2D eigenvalue weighted by Crippen LogP contribution is 2.26. The predicted octanol–water partition coefficient (Wildman–Crippen LogP) is 5.08. The number of nitrogens with zero attached hydrogens (tertiary/aromatic N) is 1. The average molecular weight is 360 g/mol. The lowest BCUT2D eigenvalue weighted by atomic mass is 10.1. The second-order valence-corrected chi connectivity index (χ2v) is 7.43. The molecule has 0 N–H and O–H groups in total. The molecule has 0 heterocycles. The monoisotopic (exact) mass is 359 g/mol. The van der Waals surface area contributed by atoms with Crippen LogP contribution in [-0.2, 0) is 21.7 Å². The second kappa shape index (κ2) is 10.2. The van der Waals surface area contributed by atoms with Gasteiger partial charge in [-0.1, -0.05) is 72.9 Å². The van der Waals surface area contributed by atoms with E-state index < -0.39 is 0 Å². The summed E-state index contributed by atoms with van der Waals surface area (Å²) in [5.41, 5.74) is 3.12. The molecule has 0 spiro atoms. The minimum Gasteiger partial charge on any atom is -0.469 e. The minimum absolute atomic E-state index is 0.214. The third-order valence-electron chi connectivity index (χ3n) is 3.28. The molecule has 24 heavy (non-hydrogen) atoms. The lowest BCUT2D eigenvalue weighted by Crippen LogP contribution is -2.06. The first-order valence-electron chi connectivity index (χ1n) is 7.76. The van der Waals surface area contributed by atoms with Gasteiger partial charge in [0.25, 0.3) is 0 Å². The summed E-state index contributed by atoms with van der Waals surface area (Å²) >= 11 is 3.44. The topological polar surface area (TPSA) is 38.7 Å². The highest BCUT2D eigenvalue weighted by atomic mass is 32.2. The Labute approximate surface area is 151 Å². The Hall–Kier alpha value is -1.72. The maximum atomic E-state index is 11.6. The first-order chi connectivity index (χ1) is 11.7. The summed E-state index contributed by atoms with van der Waals surface area (Å²) in [4.78, 5) is 16.3. The van der Waals surface area contributed by atoms with E-state index in [-0.39, 0.29) is 5.97 Å². The second-order valence-electron chi connectivity index (χ2n) is 4.96. The Balaban J connectivity index is 2.09. The molecule has 2 rings (SSSR count). The van der Waals surface area contributed by atoms with Gasteiger partial charge in [0.1, 0.15) is 4.38 Å². The Morgan fingerprint density at radius 1 is 1.00 bits per heavy atom. The molecule has 0 saturated carbocycles. The van der Waals surface area contributed by atoms with Crippen LogP contribution in [0.25, 0.3) is 0 Å². The zero-order valence-electron chi connectivity index (χ0n) is 13.9. The van der Waals surface area contributed by atoms with Crippen LogP contribution in [0.2, 0.25) is 0 Å². The van der Waals surface area contributed by atoms with Crippen molar-refractivity contribution in [2.75, 3.05) is 12.9 Å². The Morgan fingerprint density at radius 2 is 1.67 bits per heavy atom. The Bertz CT molecular complexity index is 687. The van der Waals surface area contributed by atoms with Crippen molar-refractivity contribution < 1.29 is 9.53 Å². The fourth-order valence-electron chi connectivity index (χ4n) is 2.08. The number of carbonyl (C=O) groups excluding carboxylic acids is 1. The molecule has 2 aromatic rings.